The largest absolute Gasteiger partial charge is 0.311 e. The molecule has 1 N–H and O–H groups in total. The molecular weight excluding hydrogens is 267 g/mol. The first-order valence-electron chi connectivity index (χ1n) is 5.37. The highest BCUT2D eigenvalue weighted by atomic mass is 35.5. The van der Waals surface area contributed by atoms with Crippen LogP contribution in [-0.2, 0) is 5.92 Å². The van der Waals surface area contributed by atoms with Crippen LogP contribution >= 0.6 is 23.2 Å². The fourth-order valence-corrected chi connectivity index (χ4v) is 1.64. The maximum absolute atomic E-state index is 13.8. The fourth-order valence-electron chi connectivity index (χ4n) is 1.34. The van der Waals surface area contributed by atoms with Gasteiger partial charge in [0.25, 0.3) is 5.92 Å². The Labute approximate surface area is 110 Å². The average Bonchev–Trinajstić information content (AvgIpc) is 2.21. The van der Waals surface area contributed by atoms with Crippen LogP contribution < -0.4 is 5.32 Å². The van der Waals surface area contributed by atoms with Gasteiger partial charge in [0.15, 0.2) is 0 Å². The summed E-state index contributed by atoms with van der Waals surface area (Å²) >= 11 is 11.4. The summed E-state index contributed by atoms with van der Waals surface area (Å²) in [5.41, 5.74) is -0.122. The SMILES string of the molecule is CC(C)CNCC(F)(F)c1ccc(Cl)c(Cl)c1. The number of benzene rings is 1. The van der Waals surface area contributed by atoms with E-state index in [4.69, 9.17) is 23.2 Å². The van der Waals surface area contributed by atoms with E-state index in [1.807, 2.05) is 13.8 Å². The van der Waals surface area contributed by atoms with Gasteiger partial charge in [-0.3, -0.25) is 0 Å². The minimum Gasteiger partial charge on any atom is -0.311 e. The lowest BCUT2D eigenvalue weighted by Gasteiger charge is -2.18. The lowest BCUT2D eigenvalue weighted by Crippen LogP contribution is -2.32. The molecule has 17 heavy (non-hydrogen) atoms. The number of nitrogens with one attached hydrogen (secondary N) is 1. The molecule has 0 amide bonds. The minimum atomic E-state index is -2.94. The predicted octanol–water partition coefficient (Wildman–Crippen LogP) is 4.33. The van der Waals surface area contributed by atoms with Gasteiger partial charge in [0.2, 0.25) is 0 Å². The number of rotatable bonds is 5. The summed E-state index contributed by atoms with van der Waals surface area (Å²) in [6, 6.07) is 3.89. The molecule has 1 aromatic carbocycles. The van der Waals surface area contributed by atoms with E-state index >= 15 is 0 Å². The van der Waals surface area contributed by atoms with Crippen molar-refractivity contribution < 1.29 is 8.78 Å². The lowest BCUT2D eigenvalue weighted by molar-refractivity contribution is -0.00352. The van der Waals surface area contributed by atoms with Crippen molar-refractivity contribution in [3.63, 3.8) is 0 Å². The van der Waals surface area contributed by atoms with Crippen LogP contribution in [0.5, 0.6) is 0 Å². The molecule has 1 rings (SSSR count). The van der Waals surface area contributed by atoms with Crippen LogP contribution in [0.3, 0.4) is 0 Å². The van der Waals surface area contributed by atoms with Gasteiger partial charge in [0.05, 0.1) is 16.6 Å². The highest BCUT2D eigenvalue weighted by Gasteiger charge is 2.31. The van der Waals surface area contributed by atoms with Gasteiger partial charge in [0.1, 0.15) is 0 Å². The first-order chi connectivity index (χ1) is 7.83. The third kappa shape index (κ3) is 4.41. The lowest BCUT2D eigenvalue weighted by atomic mass is 10.1. The predicted molar refractivity (Wildman–Crippen MR) is 68.1 cm³/mol. The van der Waals surface area contributed by atoms with Gasteiger partial charge in [-0.2, -0.15) is 8.78 Å². The Balaban J connectivity index is 2.71. The molecule has 0 aliphatic rings. The number of hydrogen-bond donors (Lipinski definition) is 1. The van der Waals surface area contributed by atoms with Gasteiger partial charge in [0, 0.05) is 5.56 Å². The molecule has 96 valence electrons. The maximum Gasteiger partial charge on any atom is 0.285 e. The molecule has 0 fully saturated rings. The Hall–Kier alpha value is -0.380. The molecule has 0 radical (unpaired) electrons. The van der Waals surface area contributed by atoms with Gasteiger partial charge in [-0.15, -0.1) is 0 Å². The minimum absolute atomic E-state index is 0.122. The molecule has 1 aromatic rings. The highest BCUT2D eigenvalue weighted by Crippen LogP contribution is 2.32. The average molecular weight is 282 g/mol. The quantitative estimate of drug-likeness (QED) is 0.847. The summed E-state index contributed by atoms with van der Waals surface area (Å²) < 4.78 is 27.5. The third-order valence-electron chi connectivity index (χ3n) is 2.24. The molecule has 0 atom stereocenters. The van der Waals surface area contributed by atoms with E-state index in [0.717, 1.165) is 0 Å². The molecule has 0 saturated heterocycles. The molecule has 5 heteroatoms. The van der Waals surface area contributed by atoms with Crippen molar-refractivity contribution in [1.29, 1.82) is 0 Å². The molecule has 0 saturated carbocycles. The van der Waals surface area contributed by atoms with E-state index in [9.17, 15) is 8.78 Å². The van der Waals surface area contributed by atoms with Gasteiger partial charge < -0.3 is 5.32 Å². The van der Waals surface area contributed by atoms with Crippen molar-refractivity contribution in [1.82, 2.24) is 5.32 Å². The number of alkyl halides is 2. The zero-order valence-electron chi connectivity index (χ0n) is 9.74. The Kier molecular flexibility index (Phi) is 5.17. The monoisotopic (exact) mass is 281 g/mol. The normalized spacial score (nSPS) is 12.2. The van der Waals surface area contributed by atoms with Crippen molar-refractivity contribution in [2.45, 2.75) is 19.8 Å². The van der Waals surface area contributed by atoms with Crippen LogP contribution in [0.15, 0.2) is 18.2 Å². The molecule has 0 aromatic heterocycles. The van der Waals surface area contributed by atoms with Crippen LogP contribution in [0.2, 0.25) is 10.0 Å². The fraction of sp³-hybridized carbons (Fsp3) is 0.500. The van der Waals surface area contributed by atoms with Gasteiger partial charge >= 0.3 is 0 Å². The first kappa shape index (κ1) is 14.7. The Morgan fingerprint density at radius 3 is 2.41 bits per heavy atom. The maximum atomic E-state index is 13.8. The van der Waals surface area contributed by atoms with Gasteiger partial charge in [-0.1, -0.05) is 43.1 Å². The Morgan fingerprint density at radius 1 is 1.24 bits per heavy atom. The molecule has 1 nitrogen and oxygen atoms in total. The summed E-state index contributed by atoms with van der Waals surface area (Å²) in [6.07, 6.45) is 0. The van der Waals surface area contributed by atoms with Crippen LogP contribution in [-0.4, -0.2) is 13.1 Å². The standard InChI is InChI=1S/C12H15Cl2F2N/c1-8(2)6-17-7-12(15,16)9-3-4-10(13)11(14)5-9/h3-5,8,17H,6-7H2,1-2H3. The van der Waals surface area contributed by atoms with E-state index < -0.39 is 12.5 Å². The molecule has 0 unspecified atom stereocenters. The zero-order chi connectivity index (χ0) is 13.1. The van der Waals surface area contributed by atoms with E-state index in [1.54, 1.807) is 0 Å². The highest BCUT2D eigenvalue weighted by molar-refractivity contribution is 6.42. The van der Waals surface area contributed by atoms with Crippen LogP contribution in [0.25, 0.3) is 0 Å². The van der Waals surface area contributed by atoms with Crippen molar-refractivity contribution in [3.05, 3.63) is 33.8 Å². The molecule has 0 spiro atoms. The van der Waals surface area contributed by atoms with Crippen LogP contribution in [0.4, 0.5) is 8.78 Å². The molecule has 0 aliphatic heterocycles. The molecule has 0 aliphatic carbocycles. The summed E-state index contributed by atoms with van der Waals surface area (Å²) in [7, 11) is 0. The van der Waals surface area contributed by atoms with Crippen LogP contribution in [0, 0.1) is 5.92 Å². The first-order valence-corrected chi connectivity index (χ1v) is 6.12. The topological polar surface area (TPSA) is 12.0 Å². The summed E-state index contributed by atoms with van der Waals surface area (Å²) in [6.45, 7) is 4.08. The van der Waals surface area contributed by atoms with Crippen molar-refractivity contribution in [3.8, 4) is 0 Å². The molecule has 0 bridgehead atoms. The van der Waals surface area contributed by atoms with Crippen molar-refractivity contribution >= 4 is 23.2 Å². The Bertz CT molecular complexity index is 381. The van der Waals surface area contributed by atoms with E-state index in [2.05, 4.69) is 5.32 Å². The molecule has 0 heterocycles. The second-order valence-corrected chi connectivity index (χ2v) is 5.17. The summed E-state index contributed by atoms with van der Waals surface area (Å²) in [5, 5.41) is 3.16. The van der Waals surface area contributed by atoms with Crippen molar-refractivity contribution in [2.24, 2.45) is 5.92 Å². The summed E-state index contributed by atoms with van der Waals surface area (Å²) in [4.78, 5) is 0. The smallest absolute Gasteiger partial charge is 0.285 e. The van der Waals surface area contributed by atoms with E-state index in [-0.39, 0.29) is 15.6 Å². The van der Waals surface area contributed by atoms with Gasteiger partial charge in [-0.25, -0.2) is 0 Å². The number of hydrogen-bond acceptors (Lipinski definition) is 1. The van der Waals surface area contributed by atoms with Crippen molar-refractivity contribution in [2.75, 3.05) is 13.1 Å². The zero-order valence-corrected chi connectivity index (χ0v) is 11.2. The van der Waals surface area contributed by atoms with E-state index in [1.165, 1.54) is 18.2 Å². The Morgan fingerprint density at radius 2 is 1.88 bits per heavy atom. The molecular formula is C12H15Cl2F2N. The third-order valence-corrected chi connectivity index (χ3v) is 2.98. The second kappa shape index (κ2) is 5.98. The van der Waals surface area contributed by atoms with Gasteiger partial charge in [-0.05, 0) is 24.6 Å². The second-order valence-electron chi connectivity index (χ2n) is 4.36. The van der Waals surface area contributed by atoms with E-state index in [0.29, 0.717) is 12.5 Å². The number of halogens is 4. The van der Waals surface area contributed by atoms with Crippen LogP contribution in [0.1, 0.15) is 19.4 Å². The summed E-state index contributed by atoms with van der Waals surface area (Å²) in [5.74, 6) is -2.61.